The van der Waals surface area contributed by atoms with E-state index < -0.39 is 15.7 Å². The van der Waals surface area contributed by atoms with Crippen LogP contribution in [0, 0.1) is 6.92 Å². The molecular weight excluding hydrogens is 374 g/mol. The van der Waals surface area contributed by atoms with Gasteiger partial charge in [0.2, 0.25) is 0 Å². The number of amides is 1. The quantitative estimate of drug-likeness (QED) is 0.636. The molecule has 0 saturated heterocycles. The number of carbonyl (C=O) groups is 1. The first-order chi connectivity index (χ1) is 12.5. The van der Waals surface area contributed by atoms with Crippen LogP contribution in [0.2, 0.25) is 0 Å². The number of ether oxygens (including phenoxy) is 1. The van der Waals surface area contributed by atoms with Crippen LogP contribution in [0.15, 0.2) is 47.4 Å². The van der Waals surface area contributed by atoms with Crippen LogP contribution in [0.1, 0.15) is 57.2 Å². The Morgan fingerprint density at radius 1 is 1.15 bits per heavy atom. The molecule has 2 aromatic carbocycles. The number of benzene rings is 2. The minimum absolute atomic E-state index is 0.0790. The SMILES string of the molecule is Cc1cc(C(C)(C)C)ccc1S(=S)N(C)C(=O)Oc1cccc(C(C)C)c1. The molecule has 0 fully saturated rings. The van der Waals surface area contributed by atoms with E-state index in [0.29, 0.717) is 11.7 Å². The van der Waals surface area contributed by atoms with Crippen molar-refractivity contribution in [2.24, 2.45) is 0 Å². The second-order valence-corrected chi connectivity index (χ2v) is 10.5. The molecule has 0 aliphatic rings. The summed E-state index contributed by atoms with van der Waals surface area (Å²) in [6, 6.07) is 13.9. The highest BCUT2D eigenvalue weighted by Crippen LogP contribution is 2.27. The maximum Gasteiger partial charge on any atom is 0.425 e. The molecule has 2 rings (SSSR count). The molecule has 5 heteroatoms. The number of rotatable bonds is 4. The first-order valence-electron chi connectivity index (χ1n) is 9.09. The van der Waals surface area contributed by atoms with E-state index in [-0.39, 0.29) is 5.41 Å². The lowest BCUT2D eigenvalue weighted by molar-refractivity contribution is 0.187. The topological polar surface area (TPSA) is 29.5 Å². The zero-order valence-corrected chi connectivity index (χ0v) is 18.8. The van der Waals surface area contributed by atoms with Crippen LogP contribution in [-0.2, 0) is 26.2 Å². The molecule has 0 spiro atoms. The average molecular weight is 404 g/mol. The highest BCUT2D eigenvalue weighted by atomic mass is 32.8. The fraction of sp³-hybridized carbons (Fsp3) is 0.409. The lowest BCUT2D eigenvalue weighted by Crippen LogP contribution is -2.31. The second kappa shape index (κ2) is 8.53. The van der Waals surface area contributed by atoms with Crippen molar-refractivity contribution in [2.75, 3.05) is 7.05 Å². The van der Waals surface area contributed by atoms with Gasteiger partial charge in [-0.1, -0.05) is 58.9 Å². The Hall–Kier alpha value is -1.72. The largest absolute Gasteiger partial charge is 0.425 e. The maximum atomic E-state index is 12.6. The molecule has 0 N–H and O–H groups in total. The summed E-state index contributed by atoms with van der Waals surface area (Å²) in [5.74, 6) is 0.920. The van der Waals surface area contributed by atoms with Gasteiger partial charge in [-0.25, -0.2) is 9.10 Å². The van der Waals surface area contributed by atoms with Gasteiger partial charge in [0.15, 0.2) is 0 Å². The second-order valence-electron chi connectivity index (χ2n) is 8.07. The molecule has 0 aromatic heterocycles. The van der Waals surface area contributed by atoms with Crippen LogP contribution < -0.4 is 4.74 Å². The highest BCUT2D eigenvalue weighted by molar-refractivity contribution is 8.27. The number of aryl methyl sites for hydroxylation is 1. The van der Waals surface area contributed by atoms with Crippen LogP contribution in [-0.4, -0.2) is 17.4 Å². The summed E-state index contributed by atoms with van der Waals surface area (Å²) in [5, 5.41) is 0. The predicted molar refractivity (Wildman–Crippen MR) is 117 cm³/mol. The Balaban J connectivity index is 2.17. The van der Waals surface area contributed by atoms with E-state index in [1.165, 1.54) is 9.87 Å². The third-order valence-corrected chi connectivity index (χ3v) is 7.16. The Morgan fingerprint density at radius 3 is 2.37 bits per heavy atom. The van der Waals surface area contributed by atoms with Gasteiger partial charge in [-0.05, 0) is 64.3 Å². The molecule has 2 aromatic rings. The zero-order chi connectivity index (χ0) is 20.4. The van der Waals surface area contributed by atoms with Crippen LogP contribution >= 0.6 is 0 Å². The van der Waals surface area contributed by atoms with Gasteiger partial charge >= 0.3 is 6.09 Å². The third-order valence-electron chi connectivity index (χ3n) is 4.46. The molecule has 27 heavy (non-hydrogen) atoms. The average Bonchev–Trinajstić information content (AvgIpc) is 2.59. The fourth-order valence-corrected chi connectivity index (χ4v) is 4.36. The van der Waals surface area contributed by atoms with Crippen molar-refractivity contribution in [1.29, 1.82) is 0 Å². The van der Waals surface area contributed by atoms with Crippen molar-refractivity contribution in [3.63, 3.8) is 0 Å². The normalized spacial score (nSPS) is 12.7. The van der Waals surface area contributed by atoms with Gasteiger partial charge < -0.3 is 4.74 Å². The summed E-state index contributed by atoms with van der Waals surface area (Å²) < 4.78 is 7.05. The minimum Gasteiger partial charge on any atom is -0.410 e. The van der Waals surface area contributed by atoms with E-state index in [9.17, 15) is 4.79 Å². The molecule has 146 valence electrons. The number of nitrogens with zero attached hydrogens (tertiary/aromatic N) is 1. The highest BCUT2D eigenvalue weighted by Gasteiger charge is 2.20. The fourth-order valence-electron chi connectivity index (χ4n) is 2.63. The van der Waals surface area contributed by atoms with Gasteiger partial charge in [0.05, 0.1) is 0 Å². The summed E-state index contributed by atoms with van der Waals surface area (Å²) in [6.45, 7) is 12.8. The van der Waals surface area contributed by atoms with Crippen molar-refractivity contribution in [3.05, 3.63) is 59.2 Å². The van der Waals surface area contributed by atoms with Crippen molar-refractivity contribution in [1.82, 2.24) is 4.31 Å². The summed E-state index contributed by atoms with van der Waals surface area (Å²) in [4.78, 5) is 13.6. The standard InChI is InChI=1S/C22H29NO2S2/c1-15(2)17-9-8-10-19(14-17)25-21(24)23(7)27(26)20-12-11-18(13-16(20)3)22(4,5)6/h8-15H,1-7H3. The summed E-state index contributed by atoms with van der Waals surface area (Å²) in [5.41, 5.74) is 3.57. The van der Waals surface area contributed by atoms with Crippen molar-refractivity contribution in [3.8, 4) is 5.75 Å². The van der Waals surface area contributed by atoms with Gasteiger partial charge in [0.1, 0.15) is 5.75 Å². The summed E-state index contributed by atoms with van der Waals surface area (Å²) in [6.07, 6.45) is -0.437. The van der Waals surface area contributed by atoms with Crippen LogP contribution in [0.5, 0.6) is 5.75 Å². The van der Waals surface area contributed by atoms with Crippen molar-refractivity contribution < 1.29 is 9.53 Å². The minimum atomic E-state index is -0.801. The molecule has 1 atom stereocenters. The molecule has 0 radical (unpaired) electrons. The van der Waals surface area contributed by atoms with Gasteiger partial charge in [0.25, 0.3) is 0 Å². The first kappa shape index (κ1) is 21.6. The van der Waals surface area contributed by atoms with Crippen molar-refractivity contribution in [2.45, 2.75) is 57.8 Å². The van der Waals surface area contributed by atoms with Crippen molar-refractivity contribution >= 4 is 26.9 Å². The van der Waals surface area contributed by atoms with Gasteiger partial charge in [-0.15, -0.1) is 0 Å². The van der Waals surface area contributed by atoms with Gasteiger partial charge in [-0.3, -0.25) is 0 Å². The molecule has 1 amide bonds. The van der Waals surface area contributed by atoms with Crippen LogP contribution in [0.25, 0.3) is 0 Å². The van der Waals surface area contributed by atoms with E-state index in [1.54, 1.807) is 13.1 Å². The zero-order valence-electron chi connectivity index (χ0n) is 17.2. The third kappa shape index (κ3) is 5.39. The Morgan fingerprint density at radius 2 is 1.81 bits per heavy atom. The Bertz CT molecular complexity index is 854. The maximum absolute atomic E-state index is 12.6. The molecule has 0 saturated carbocycles. The van der Waals surface area contributed by atoms with E-state index in [4.69, 9.17) is 15.9 Å². The van der Waals surface area contributed by atoms with Crippen LogP contribution in [0.3, 0.4) is 0 Å². The van der Waals surface area contributed by atoms with E-state index in [0.717, 1.165) is 16.0 Å². The summed E-state index contributed by atoms with van der Waals surface area (Å²) in [7, 11) is 0.896. The van der Waals surface area contributed by atoms with E-state index in [2.05, 4.69) is 46.8 Å². The summed E-state index contributed by atoms with van der Waals surface area (Å²) >= 11 is 5.66. The molecular formula is C22H29NO2S2. The van der Waals surface area contributed by atoms with Crippen LogP contribution in [0.4, 0.5) is 4.79 Å². The molecule has 0 aliphatic carbocycles. The first-order valence-corrected chi connectivity index (χ1v) is 11.2. The molecule has 3 nitrogen and oxygen atoms in total. The predicted octanol–water partition coefficient (Wildman–Crippen LogP) is 5.90. The lowest BCUT2D eigenvalue weighted by Gasteiger charge is -2.23. The van der Waals surface area contributed by atoms with E-state index >= 15 is 0 Å². The monoisotopic (exact) mass is 403 g/mol. The Labute approximate surface area is 170 Å². The van der Waals surface area contributed by atoms with E-state index in [1.807, 2.05) is 31.2 Å². The molecule has 0 heterocycles. The number of carbonyl (C=O) groups excluding carboxylic acids is 1. The molecule has 0 bridgehead atoms. The lowest BCUT2D eigenvalue weighted by atomic mass is 9.86. The van der Waals surface area contributed by atoms with Gasteiger partial charge in [0, 0.05) is 21.6 Å². The number of hydrogen-bond donors (Lipinski definition) is 0. The Kier molecular flexibility index (Phi) is 6.82. The molecule has 1 unspecified atom stereocenters. The smallest absolute Gasteiger partial charge is 0.410 e. The molecule has 0 aliphatic heterocycles. The van der Waals surface area contributed by atoms with Gasteiger partial charge in [-0.2, -0.15) is 0 Å². The number of hydrogen-bond acceptors (Lipinski definition) is 3.